The Morgan fingerprint density at radius 3 is 2.66 bits per heavy atom. The van der Waals surface area contributed by atoms with E-state index in [9.17, 15) is 4.79 Å². The fraction of sp³-hybridized carbons (Fsp3) is 0.417. The van der Waals surface area contributed by atoms with Gasteiger partial charge < -0.3 is 14.6 Å². The molecule has 0 saturated heterocycles. The van der Waals surface area contributed by atoms with Crippen LogP contribution in [0, 0.1) is 6.92 Å². The molecule has 0 aliphatic rings. The van der Waals surface area contributed by atoms with Gasteiger partial charge in [0.15, 0.2) is 0 Å². The Bertz CT molecular complexity index is 916. The molecule has 2 aromatic carbocycles. The summed E-state index contributed by atoms with van der Waals surface area (Å²) in [5.41, 5.74) is 3.42. The van der Waals surface area contributed by atoms with Crippen LogP contribution < -0.4 is 10.1 Å². The second kappa shape index (κ2) is 10.6. The highest BCUT2D eigenvalue weighted by molar-refractivity contribution is 5.76. The van der Waals surface area contributed by atoms with Crippen molar-refractivity contribution in [3.8, 4) is 5.75 Å². The number of unbranched alkanes of at least 4 members (excludes halogenated alkanes) is 2. The summed E-state index contributed by atoms with van der Waals surface area (Å²) >= 11 is 0. The van der Waals surface area contributed by atoms with Crippen LogP contribution in [0.25, 0.3) is 11.0 Å². The first-order chi connectivity index (χ1) is 14.2. The third-order valence-electron chi connectivity index (χ3n) is 5.06. The molecule has 3 rings (SSSR count). The Hall–Kier alpha value is -2.82. The number of para-hydroxylation sites is 2. The van der Waals surface area contributed by atoms with Gasteiger partial charge in [-0.05, 0) is 44.0 Å². The second-order valence-corrected chi connectivity index (χ2v) is 7.34. The van der Waals surface area contributed by atoms with Crippen LogP contribution in [0.2, 0.25) is 0 Å². The predicted octanol–water partition coefficient (Wildman–Crippen LogP) is 4.66. The van der Waals surface area contributed by atoms with E-state index in [2.05, 4.69) is 47.1 Å². The summed E-state index contributed by atoms with van der Waals surface area (Å²) in [5, 5.41) is 2.93. The molecule has 0 saturated carbocycles. The lowest BCUT2D eigenvalue weighted by Gasteiger charge is -2.11. The minimum absolute atomic E-state index is 0.125. The Morgan fingerprint density at radius 1 is 1.07 bits per heavy atom. The third kappa shape index (κ3) is 6.08. The third-order valence-corrected chi connectivity index (χ3v) is 5.06. The van der Waals surface area contributed by atoms with E-state index < -0.39 is 0 Å². The largest absolute Gasteiger partial charge is 0.492 e. The molecule has 1 heterocycles. The first-order valence-corrected chi connectivity index (χ1v) is 10.6. The maximum Gasteiger partial charge on any atom is 0.219 e. The van der Waals surface area contributed by atoms with Crippen LogP contribution in [-0.2, 0) is 17.8 Å². The van der Waals surface area contributed by atoms with Gasteiger partial charge in [0, 0.05) is 19.4 Å². The lowest BCUT2D eigenvalue weighted by Crippen LogP contribution is -2.23. The lowest BCUT2D eigenvalue weighted by atomic mass is 10.2. The fourth-order valence-electron chi connectivity index (χ4n) is 3.39. The molecule has 154 valence electrons. The minimum Gasteiger partial charge on any atom is -0.492 e. The van der Waals surface area contributed by atoms with Gasteiger partial charge in [-0.15, -0.1) is 0 Å². The number of ether oxygens (including phenoxy) is 1. The molecule has 0 radical (unpaired) electrons. The van der Waals surface area contributed by atoms with Gasteiger partial charge in [0.1, 0.15) is 18.2 Å². The zero-order valence-electron chi connectivity index (χ0n) is 17.5. The number of fused-ring (bicyclic) bond motifs is 1. The number of amides is 1. The molecule has 0 bridgehead atoms. The van der Waals surface area contributed by atoms with E-state index in [0.29, 0.717) is 13.0 Å². The molecule has 29 heavy (non-hydrogen) atoms. The minimum atomic E-state index is 0.125. The zero-order chi connectivity index (χ0) is 20.5. The predicted molar refractivity (Wildman–Crippen MR) is 117 cm³/mol. The normalized spacial score (nSPS) is 11.0. The van der Waals surface area contributed by atoms with Gasteiger partial charge in [-0.3, -0.25) is 4.79 Å². The first kappa shape index (κ1) is 20.9. The van der Waals surface area contributed by atoms with Crippen LogP contribution in [0.1, 0.15) is 44.0 Å². The molecule has 0 aliphatic carbocycles. The van der Waals surface area contributed by atoms with Crippen molar-refractivity contribution in [1.82, 2.24) is 14.9 Å². The molecule has 5 nitrogen and oxygen atoms in total. The maximum atomic E-state index is 11.3. The van der Waals surface area contributed by atoms with Gasteiger partial charge in [-0.1, -0.05) is 43.2 Å². The number of hydrogen-bond acceptors (Lipinski definition) is 3. The van der Waals surface area contributed by atoms with E-state index in [1.54, 1.807) is 0 Å². The molecule has 3 aromatic rings. The number of nitrogens with one attached hydrogen (secondary N) is 1. The van der Waals surface area contributed by atoms with Gasteiger partial charge in [-0.2, -0.15) is 0 Å². The molecular formula is C24H31N3O2. The van der Waals surface area contributed by atoms with Gasteiger partial charge in [-0.25, -0.2) is 4.98 Å². The molecule has 0 unspecified atom stereocenters. The van der Waals surface area contributed by atoms with Crippen molar-refractivity contribution in [2.24, 2.45) is 0 Å². The molecule has 1 amide bonds. The summed E-state index contributed by atoms with van der Waals surface area (Å²) in [6.07, 6.45) is 4.62. The van der Waals surface area contributed by atoms with Crippen molar-refractivity contribution in [3.63, 3.8) is 0 Å². The zero-order valence-corrected chi connectivity index (χ0v) is 17.5. The van der Waals surface area contributed by atoms with Gasteiger partial charge in [0.2, 0.25) is 5.91 Å². The summed E-state index contributed by atoms with van der Waals surface area (Å²) in [5.74, 6) is 2.13. The number of carbonyl (C=O) groups excluding carboxylic acids is 1. The van der Waals surface area contributed by atoms with Crippen LogP contribution in [0.5, 0.6) is 5.75 Å². The van der Waals surface area contributed by atoms with Crippen molar-refractivity contribution in [2.45, 2.75) is 52.5 Å². The number of carbonyl (C=O) groups is 1. The number of nitrogens with zero attached hydrogens (tertiary/aromatic N) is 2. The molecule has 5 heteroatoms. The van der Waals surface area contributed by atoms with E-state index in [1.165, 1.54) is 5.56 Å². The number of imidazole rings is 1. The summed E-state index contributed by atoms with van der Waals surface area (Å²) < 4.78 is 8.22. The highest BCUT2D eigenvalue weighted by atomic mass is 16.5. The van der Waals surface area contributed by atoms with Crippen molar-refractivity contribution in [1.29, 1.82) is 0 Å². The Labute approximate surface area is 173 Å². The smallest absolute Gasteiger partial charge is 0.219 e. The van der Waals surface area contributed by atoms with Crippen molar-refractivity contribution >= 4 is 16.9 Å². The Balaban J connectivity index is 1.55. The molecule has 0 spiro atoms. The van der Waals surface area contributed by atoms with E-state index in [0.717, 1.165) is 61.4 Å². The van der Waals surface area contributed by atoms with Crippen molar-refractivity contribution in [2.75, 3.05) is 13.2 Å². The van der Waals surface area contributed by atoms with Crippen LogP contribution in [-0.4, -0.2) is 28.6 Å². The van der Waals surface area contributed by atoms with Crippen LogP contribution in [0.15, 0.2) is 48.5 Å². The Kier molecular flexibility index (Phi) is 7.68. The standard InChI is InChI=1S/C24H31N3O2/c1-3-24(28)25-16-8-4-5-11-23-26-21-9-6-7-10-22(21)27(23)17-18-29-20-14-12-19(2)13-15-20/h6-7,9-10,12-15H,3-5,8,11,16-18H2,1-2H3,(H,25,28). The average Bonchev–Trinajstić information content (AvgIpc) is 3.09. The number of aryl methyl sites for hydroxylation is 2. The Morgan fingerprint density at radius 2 is 1.86 bits per heavy atom. The molecule has 0 atom stereocenters. The van der Waals surface area contributed by atoms with E-state index in [-0.39, 0.29) is 5.91 Å². The van der Waals surface area contributed by atoms with Crippen molar-refractivity contribution < 1.29 is 9.53 Å². The molecule has 1 aromatic heterocycles. The lowest BCUT2D eigenvalue weighted by molar-refractivity contribution is -0.120. The quantitative estimate of drug-likeness (QED) is 0.482. The summed E-state index contributed by atoms with van der Waals surface area (Å²) in [6, 6.07) is 16.4. The number of aromatic nitrogens is 2. The average molecular weight is 394 g/mol. The fourth-order valence-corrected chi connectivity index (χ4v) is 3.39. The highest BCUT2D eigenvalue weighted by Gasteiger charge is 2.10. The van der Waals surface area contributed by atoms with Crippen LogP contribution in [0.4, 0.5) is 0 Å². The van der Waals surface area contributed by atoms with Gasteiger partial charge in [0.05, 0.1) is 17.6 Å². The monoisotopic (exact) mass is 393 g/mol. The van der Waals surface area contributed by atoms with E-state index >= 15 is 0 Å². The summed E-state index contributed by atoms with van der Waals surface area (Å²) in [7, 11) is 0. The molecule has 0 fully saturated rings. The van der Waals surface area contributed by atoms with E-state index in [1.807, 2.05) is 25.1 Å². The SMILES string of the molecule is CCC(=O)NCCCCCc1nc2ccccc2n1CCOc1ccc(C)cc1. The molecular weight excluding hydrogens is 362 g/mol. The van der Waals surface area contributed by atoms with Gasteiger partial charge >= 0.3 is 0 Å². The topological polar surface area (TPSA) is 56.2 Å². The van der Waals surface area contributed by atoms with Crippen LogP contribution >= 0.6 is 0 Å². The maximum absolute atomic E-state index is 11.3. The highest BCUT2D eigenvalue weighted by Crippen LogP contribution is 2.18. The second-order valence-electron chi connectivity index (χ2n) is 7.34. The molecule has 1 N–H and O–H groups in total. The van der Waals surface area contributed by atoms with Crippen LogP contribution in [0.3, 0.4) is 0 Å². The van der Waals surface area contributed by atoms with E-state index in [4.69, 9.17) is 9.72 Å². The first-order valence-electron chi connectivity index (χ1n) is 10.6. The van der Waals surface area contributed by atoms with Crippen molar-refractivity contribution in [3.05, 3.63) is 59.9 Å². The summed E-state index contributed by atoms with van der Waals surface area (Å²) in [4.78, 5) is 16.1. The number of benzene rings is 2. The number of rotatable bonds is 11. The van der Waals surface area contributed by atoms with Gasteiger partial charge in [0.25, 0.3) is 0 Å². The number of hydrogen-bond donors (Lipinski definition) is 1. The summed E-state index contributed by atoms with van der Waals surface area (Å²) in [6.45, 7) is 6.09. The molecule has 0 aliphatic heterocycles.